The van der Waals surface area contributed by atoms with Crippen LogP contribution in [0.2, 0.25) is 0 Å². The standard InChI is InChI=1S/C19H20N4OS/c1-13-4-5-14(2)16(10-13)12-20-23-18(21-22-19(23)25)11-15-6-8-17(24-3)9-7-15/h4-10,12H,11H2,1-3H3,(H,22,25)/b20-12-. The Balaban J connectivity index is 1.87. The Labute approximate surface area is 152 Å². The summed E-state index contributed by atoms with van der Waals surface area (Å²) in [5.41, 5.74) is 4.54. The van der Waals surface area contributed by atoms with E-state index in [-0.39, 0.29) is 0 Å². The first-order valence-electron chi connectivity index (χ1n) is 7.97. The summed E-state index contributed by atoms with van der Waals surface area (Å²) in [6.07, 6.45) is 2.45. The fourth-order valence-corrected chi connectivity index (χ4v) is 2.70. The number of hydrogen-bond donors (Lipinski definition) is 1. The number of H-pyrrole nitrogens is 1. The van der Waals surface area contributed by atoms with Gasteiger partial charge in [-0.25, -0.2) is 0 Å². The minimum absolute atomic E-state index is 0.477. The predicted molar refractivity (Wildman–Crippen MR) is 102 cm³/mol. The van der Waals surface area contributed by atoms with E-state index >= 15 is 0 Å². The molecule has 2 aromatic carbocycles. The van der Waals surface area contributed by atoms with Crippen molar-refractivity contribution < 1.29 is 4.74 Å². The minimum Gasteiger partial charge on any atom is -0.497 e. The van der Waals surface area contributed by atoms with Crippen molar-refractivity contribution in [3.05, 3.63) is 75.3 Å². The van der Waals surface area contributed by atoms with E-state index in [9.17, 15) is 0 Å². The largest absolute Gasteiger partial charge is 0.497 e. The molecule has 5 nitrogen and oxygen atoms in total. The maximum atomic E-state index is 5.31. The van der Waals surface area contributed by atoms with Gasteiger partial charge in [0.25, 0.3) is 0 Å². The van der Waals surface area contributed by atoms with Crippen molar-refractivity contribution in [3.8, 4) is 5.75 Å². The summed E-state index contributed by atoms with van der Waals surface area (Å²) < 4.78 is 7.33. The van der Waals surface area contributed by atoms with Crippen LogP contribution in [0.4, 0.5) is 0 Å². The number of aryl methyl sites for hydroxylation is 2. The summed E-state index contributed by atoms with van der Waals surface area (Å²) in [5.74, 6) is 1.59. The van der Waals surface area contributed by atoms with Crippen LogP contribution in [0.5, 0.6) is 5.75 Å². The molecule has 0 aliphatic heterocycles. The molecule has 0 bridgehead atoms. The zero-order valence-corrected chi connectivity index (χ0v) is 15.3. The fraction of sp³-hybridized carbons (Fsp3) is 0.211. The first-order chi connectivity index (χ1) is 12.1. The Kier molecular flexibility index (Phi) is 5.09. The van der Waals surface area contributed by atoms with Crippen molar-refractivity contribution in [1.29, 1.82) is 0 Å². The molecule has 0 spiro atoms. The van der Waals surface area contributed by atoms with Gasteiger partial charge in [0, 0.05) is 6.42 Å². The lowest BCUT2D eigenvalue weighted by Gasteiger charge is -2.04. The molecule has 0 saturated carbocycles. The molecule has 0 amide bonds. The lowest BCUT2D eigenvalue weighted by molar-refractivity contribution is 0.414. The highest BCUT2D eigenvalue weighted by molar-refractivity contribution is 7.71. The van der Waals surface area contributed by atoms with E-state index in [0.29, 0.717) is 11.2 Å². The Hall–Kier alpha value is -2.73. The molecule has 0 radical (unpaired) electrons. The summed E-state index contributed by atoms with van der Waals surface area (Å²) in [6, 6.07) is 14.2. The van der Waals surface area contributed by atoms with Gasteiger partial charge in [0.1, 0.15) is 5.75 Å². The van der Waals surface area contributed by atoms with E-state index in [4.69, 9.17) is 17.0 Å². The van der Waals surface area contributed by atoms with Crippen LogP contribution in [0.15, 0.2) is 47.6 Å². The molecule has 0 unspecified atom stereocenters. The average Bonchev–Trinajstić information content (AvgIpc) is 2.96. The van der Waals surface area contributed by atoms with Crippen molar-refractivity contribution in [3.63, 3.8) is 0 Å². The minimum atomic E-state index is 0.477. The van der Waals surface area contributed by atoms with E-state index in [0.717, 1.165) is 22.7 Å². The summed E-state index contributed by atoms with van der Waals surface area (Å²) in [5, 5.41) is 11.7. The van der Waals surface area contributed by atoms with Gasteiger partial charge in [0.2, 0.25) is 4.77 Å². The van der Waals surface area contributed by atoms with Crippen LogP contribution in [-0.4, -0.2) is 28.2 Å². The van der Waals surface area contributed by atoms with Crippen molar-refractivity contribution in [2.45, 2.75) is 20.3 Å². The molecule has 25 heavy (non-hydrogen) atoms. The third kappa shape index (κ3) is 4.03. The number of aromatic amines is 1. The predicted octanol–water partition coefficient (Wildman–Crippen LogP) is 4.04. The van der Waals surface area contributed by atoms with Crippen LogP contribution in [0.1, 0.15) is 28.1 Å². The van der Waals surface area contributed by atoms with Gasteiger partial charge in [-0.05, 0) is 54.9 Å². The van der Waals surface area contributed by atoms with Gasteiger partial charge < -0.3 is 4.74 Å². The van der Waals surface area contributed by atoms with E-state index in [2.05, 4.69) is 47.3 Å². The van der Waals surface area contributed by atoms with Crippen molar-refractivity contribution >= 4 is 18.4 Å². The van der Waals surface area contributed by atoms with Gasteiger partial charge in [-0.2, -0.15) is 14.9 Å². The molecule has 1 aromatic heterocycles. The van der Waals surface area contributed by atoms with Crippen molar-refractivity contribution in [2.24, 2.45) is 5.10 Å². The Bertz CT molecular complexity index is 954. The summed E-state index contributed by atoms with van der Waals surface area (Å²) in [7, 11) is 1.65. The van der Waals surface area contributed by atoms with Crippen LogP contribution in [0, 0.1) is 18.6 Å². The highest BCUT2D eigenvalue weighted by Crippen LogP contribution is 2.14. The van der Waals surface area contributed by atoms with Gasteiger partial charge in [-0.3, -0.25) is 5.10 Å². The number of nitrogens with zero attached hydrogens (tertiary/aromatic N) is 3. The third-order valence-corrected chi connectivity index (χ3v) is 4.25. The molecule has 0 aliphatic carbocycles. The second-order valence-electron chi connectivity index (χ2n) is 5.89. The van der Waals surface area contributed by atoms with Crippen molar-refractivity contribution in [1.82, 2.24) is 14.9 Å². The second-order valence-corrected chi connectivity index (χ2v) is 6.27. The molecule has 128 valence electrons. The van der Waals surface area contributed by atoms with Crippen LogP contribution in [-0.2, 0) is 6.42 Å². The van der Waals surface area contributed by atoms with Gasteiger partial charge in [-0.1, -0.05) is 35.9 Å². The number of aromatic nitrogens is 3. The number of hydrogen-bond acceptors (Lipinski definition) is 4. The molecule has 1 heterocycles. The Morgan fingerprint density at radius 2 is 1.96 bits per heavy atom. The first-order valence-corrected chi connectivity index (χ1v) is 8.38. The third-order valence-electron chi connectivity index (χ3n) is 3.99. The molecule has 0 atom stereocenters. The molecular weight excluding hydrogens is 332 g/mol. The van der Waals surface area contributed by atoms with E-state index in [1.54, 1.807) is 11.8 Å². The zero-order chi connectivity index (χ0) is 17.8. The molecule has 0 aliphatic rings. The van der Waals surface area contributed by atoms with Crippen LogP contribution >= 0.6 is 12.2 Å². The number of methoxy groups -OCH3 is 1. The van der Waals surface area contributed by atoms with Gasteiger partial charge in [0.05, 0.1) is 13.3 Å². The molecular formula is C19H20N4OS. The van der Waals surface area contributed by atoms with Crippen LogP contribution < -0.4 is 4.74 Å². The summed E-state index contributed by atoms with van der Waals surface area (Å²) in [6.45, 7) is 4.13. The first kappa shape index (κ1) is 17.1. The smallest absolute Gasteiger partial charge is 0.216 e. The number of benzene rings is 2. The maximum absolute atomic E-state index is 5.31. The molecule has 6 heteroatoms. The van der Waals surface area contributed by atoms with Crippen LogP contribution in [0.25, 0.3) is 0 Å². The average molecular weight is 352 g/mol. The van der Waals surface area contributed by atoms with E-state index in [1.807, 2.05) is 30.5 Å². The number of nitrogens with one attached hydrogen (secondary N) is 1. The van der Waals surface area contributed by atoms with Crippen LogP contribution in [0.3, 0.4) is 0 Å². The zero-order valence-electron chi connectivity index (χ0n) is 14.5. The Morgan fingerprint density at radius 1 is 1.20 bits per heavy atom. The molecule has 0 saturated heterocycles. The van der Waals surface area contributed by atoms with E-state index in [1.165, 1.54) is 11.1 Å². The van der Waals surface area contributed by atoms with E-state index < -0.39 is 0 Å². The Morgan fingerprint density at radius 3 is 2.68 bits per heavy atom. The molecule has 3 aromatic rings. The highest BCUT2D eigenvalue weighted by Gasteiger charge is 2.07. The summed E-state index contributed by atoms with van der Waals surface area (Å²) in [4.78, 5) is 0. The molecule has 3 rings (SSSR count). The lowest BCUT2D eigenvalue weighted by atomic mass is 10.1. The highest BCUT2D eigenvalue weighted by atomic mass is 32.1. The normalized spacial score (nSPS) is 11.2. The SMILES string of the molecule is COc1ccc(Cc2n[nH]c(=S)n2/N=C\c2cc(C)ccc2C)cc1. The lowest BCUT2D eigenvalue weighted by Crippen LogP contribution is -2.01. The quantitative estimate of drug-likeness (QED) is 0.557. The van der Waals surface area contributed by atoms with Gasteiger partial charge in [0.15, 0.2) is 5.82 Å². The second kappa shape index (κ2) is 7.44. The van der Waals surface area contributed by atoms with Crippen molar-refractivity contribution in [2.75, 3.05) is 7.11 Å². The number of ether oxygens (including phenoxy) is 1. The maximum Gasteiger partial charge on any atom is 0.216 e. The topological polar surface area (TPSA) is 55.2 Å². The van der Waals surface area contributed by atoms with Gasteiger partial charge >= 0.3 is 0 Å². The summed E-state index contributed by atoms with van der Waals surface area (Å²) >= 11 is 5.31. The molecule has 1 N–H and O–H groups in total. The molecule has 0 fully saturated rings. The number of rotatable bonds is 5. The monoisotopic (exact) mass is 352 g/mol. The van der Waals surface area contributed by atoms with Gasteiger partial charge in [-0.15, -0.1) is 0 Å². The fourth-order valence-electron chi connectivity index (χ4n) is 2.50.